The van der Waals surface area contributed by atoms with Crippen LogP contribution in [0.3, 0.4) is 0 Å². The highest BCUT2D eigenvalue weighted by Crippen LogP contribution is 2.39. The van der Waals surface area contributed by atoms with Gasteiger partial charge in [0.1, 0.15) is 0 Å². The molecule has 0 spiro atoms. The summed E-state index contributed by atoms with van der Waals surface area (Å²) in [5.74, 6) is -2.00. The first kappa shape index (κ1) is 8.30. The van der Waals surface area contributed by atoms with Crippen molar-refractivity contribution in [3.8, 4) is 0 Å². The van der Waals surface area contributed by atoms with Crippen molar-refractivity contribution in [3.05, 3.63) is 0 Å². The Hall–Kier alpha value is -0.800. The van der Waals surface area contributed by atoms with Gasteiger partial charge in [0, 0.05) is 6.92 Å². The largest absolute Gasteiger partial charge is 0.511 e. The molecule has 4 heteroatoms. The highest BCUT2D eigenvalue weighted by atomic mass is 19.2. The van der Waals surface area contributed by atoms with Crippen LogP contribution >= 0.6 is 0 Å². The molecule has 0 radical (unpaired) electrons. The Kier molecular flexibility index (Phi) is 1.58. The molecule has 1 heterocycles. The fourth-order valence-electron chi connectivity index (χ4n) is 0.948. The van der Waals surface area contributed by atoms with Crippen molar-refractivity contribution in [1.82, 2.24) is 0 Å². The molecule has 0 saturated carbocycles. The van der Waals surface area contributed by atoms with E-state index in [2.05, 4.69) is 9.47 Å². The Morgan fingerprint density at radius 1 is 1.45 bits per heavy atom. The second-order valence-electron chi connectivity index (χ2n) is 2.96. The lowest BCUT2D eigenvalue weighted by Gasteiger charge is -2.27. The van der Waals surface area contributed by atoms with E-state index in [9.17, 15) is 9.18 Å². The number of cyclic esters (lactones) is 2. The minimum Gasteiger partial charge on any atom is -0.421 e. The van der Waals surface area contributed by atoms with E-state index in [1.165, 1.54) is 13.8 Å². The third-order valence-electron chi connectivity index (χ3n) is 2.20. The van der Waals surface area contributed by atoms with E-state index < -0.39 is 17.6 Å². The fraction of sp³-hybridized carbons (Fsp3) is 0.857. The minimum atomic E-state index is -2.00. The van der Waals surface area contributed by atoms with Crippen LogP contribution in [0, 0.1) is 0 Å². The van der Waals surface area contributed by atoms with Crippen LogP contribution in [0.5, 0.6) is 0 Å². The lowest BCUT2D eigenvalue weighted by atomic mass is 9.95. The van der Waals surface area contributed by atoms with Gasteiger partial charge < -0.3 is 9.47 Å². The topological polar surface area (TPSA) is 35.5 Å². The Labute approximate surface area is 64.5 Å². The Morgan fingerprint density at radius 3 is 2.18 bits per heavy atom. The number of hydrogen-bond donors (Lipinski definition) is 0. The van der Waals surface area contributed by atoms with Crippen LogP contribution in [-0.4, -0.2) is 17.6 Å². The number of hydrogen-bond acceptors (Lipinski definition) is 3. The first-order valence-electron chi connectivity index (χ1n) is 3.52. The molecule has 64 valence electrons. The molecule has 3 nitrogen and oxygen atoms in total. The maximum Gasteiger partial charge on any atom is 0.511 e. The molecule has 0 bridgehead atoms. The van der Waals surface area contributed by atoms with Crippen LogP contribution in [0.15, 0.2) is 0 Å². The highest BCUT2D eigenvalue weighted by molar-refractivity contribution is 5.63. The Bertz CT molecular complexity index is 190. The van der Waals surface area contributed by atoms with Crippen LogP contribution in [-0.2, 0) is 9.47 Å². The van der Waals surface area contributed by atoms with Gasteiger partial charge in [-0.15, -0.1) is 0 Å². The fourth-order valence-corrected chi connectivity index (χ4v) is 0.948. The second kappa shape index (κ2) is 2.09. The van der Waals surface area contributed by atoms with Crippen LogP contribution in [0.25, 0.3) is 0 Å². The lowest BCUT2D eigenvalue weighted by molar-refractivity contribution is -0.124. The summed E-state index contributed by atoms with van der Waals surface area (Å²) in [6.07, 6.45) is -0.537. The molecule has 0 N–H and O–H groups in total. The summed E-state index contributed by atoms with van der Waals surface area (Å²) >= 11 is 0. The predicted octanol–water partition coefficient (Wildman–Crippen LogP) is 2.01. The van der Waals surface area contributed by atoms with Gasteiger partial charge in [-0.25, -0.2) is 4.79 Å². The summed E-state index contributed by atoms with van der Waals surface area (Å²) in [5, 5.41) is 0. The van der Waals surface area contributed by atoms with Gasteiger partial charge in [-0.1, -0.05) is 6.92 Å². The van der Waals surface area contributed by atoms with Gasteiger partial charge in [-0.3, -0.25) is 0 Å². The number of carbonyl (C=O) groups is 1. The van der Waals surface area contributed by atoms with Crippen molar-refractivity contribution in [1.29, 1.82) is 0 Å². The summed E-state index contributed by atoms with van der Waals surface area (Å²) in [6.45, 7) is 4.44. The van der Waals surface area contributed by atoms with Crippen LogP contribution in [0.4, 0.5) is 9.18 Å². The van der Waals surface area contributed by atoms with Crippen molar-refractivity contribution in [2.75, 3.05) is 0 Å². The van der Waals surface area contributed by atoms with Gasteiger partial charge in [0.15, 0.2) is 5.60 Å². The Balaban J connectivity index is 2.89. The van der Waals surface area contributed by atoms with Gasteiger partial charge in [0.25, 0.3) is 5.85 Å². The normalized spacial score (nSPS) is 43.5. The van der Waals surface area contributed by atoms with Gasteiger partial charge in [-0.2, -0.15) is 4.39 Å². The molecule has 1 saturated heterocycles. The van der Waals surface area contributed by atoms with E-state index in [1.807, 2.05) is 0 Å². The van der Waals surface area contributed by atoms with Gasteiger partial charge in [0.2, 0.25) is 0 Å². The molecule has 2 unspecified atom stereocenters. The first-order valence-corrected chi connectivity index (χ1v) is 3.52. The average Bonchev–Trinajstić information content (AvgIpc) is 2.03. The van der Waals surface area contributed by atoms with Gasteiger partial charge in [0.05, 0.1) is 0 Å². The van der Waals surface area contributed by atoms with Crippen molar-refractivity contribution >= 4 is 6.16 Å². The zero-order valence-corrected chi connectivity index (χ0v) is 6.81. The lowest BCUT2D eigenvalue weighted by Crippen LogP contribution is -2.42. The molecular weight excluding hydrogens is 151 g/mol. The second-order valence-corrected chi connectivity index (χ2v) is 2.96. The summed E-state index contributed by atoms with van der Waals surface area (Å²) < 4.78 is 22.3. The molecule has 0 aromatic rings. The summed E-state index contributed by atoms with van der Waals surface area (Å²) in [6, 6.07) is 0. The van der Waals surface area contributed by atoms with Crippen LogP contribution in [0.2, 0.25) is 0 Å². The molecule has 1 rings (SSSR count). The molecular formula is C7H11FO3. The third kappa shape index (κ3) is 1.06. The number of carbonyl (C=O) groups excluding carboxylic acids is 1. The van der Waals surface area contributed by atoms with E-state index in [4.69, 9.17) is 0 Å². The minimum absolute atomic E-state index is 0.395. The molecule has 1 fully saturated rings. The van der Waals surface area contributed by atoms with Crippen LogP contribution in [0.1, 0.15) is 27.2 Å². The van der Waals surface area contributed by atoms with Crippen molar-refractivity contribution in [2.45, 2.75) is 38.6 Å². The molecule has 1 aliphatic rings. The SMILES string of the molecule is CCC1(C)OC(=O)OC1(C)F. The van der Waals surface area contributed by atoms with E-state index in [-0.39, 0.29) is 0 Å². The standard InChI is InChI=1S/C7H11FO3/c1-4-6(2)7(3,8)11-5(9)10-6/h4H2,1-3H3. The zero-order chi connectivity index (χ0) is 8.70. The zero-order valence-electron chi connectivity index (χ0n) is 6.81. The first-order chi connectivity index (χ1) is 4.91. The van der Waals surface area contributed by atoms with Crippen molar-refractivity contribution in [2.24, 2.45) is 0 Å². The average molecular weight is 162 g/mol. The van der Waals surface area contributed by atoms with E-state index in [0.717, 1.165) is 0 Å². The maximum atomic E-state index is 13.3. The van der Waals surface area contributed by atoms with Crippen LogP contribution < -0.4 is 0 Å². The molecule has 0 aromatic heterocycles. The molecule has 0 amide bonds. The number of ether oxygens (including phenoxy) is 2. The van der Waals surface area contributed by atoms with Gasteiger partial charge in [-0.05, 0) is 13.3 Å². The molecule has 2 atom stereocenters. The molecule has 1 aliphatic heterocycles. The molecule has 11 heavy (non-hydrogen) atoms. The highest BCUT2D eigenvalue weighted by Gasteiger charge is 2.57. The number of alkyl halides is 1. The monoisotopic (exact) mass is 162 g/mol. The quantitative estimate of drug-likeness (QED) is 0.553. The Morgan fingerprint density at radius 2 is 2.00 bits per heavy atom. The molecule has 0 aliphatic carbocycles. The van der Waals surface area contributed by atoms with Gasteiger partial charge >= 0.3 is 6.16 Å². The number of halogens is 1. The molecule has 0 aromatic carbocycles. The van der Waals surface area contributed by atoms with Crippen molar-refractivity contribution < 1.29 is 18.7 Å². The summed E-state index contributed by atoms with van der Waals surface area (Å²) in [7, 11) is 0. The van der Waals surface area contributed by atoms with Crippen molar-refractivity contribution in [3.63, 3.8) is 0 Å². The van der Waals surface area contributed by atoms with E-state index in [0.29, 0.717) is 6.42 Å². The summed E-state index contributed by atoms with van der Waals surface area (Å²) in [4.78, 5) is 10.5. The summed E-state index contributed by atoms with van der Waals surface area (Å²) in [5.41, 5.74) is -1.13. The number of rotatable bonds is 1. The predicted molar refractivity (Wildman–Crippen MR) is 35.8 cm³/mol. The van der Waals surface area contributed by atoms with E-state index in [1.54, 1.807) is 6.92 Å². The smallest absolute Gasteiger partial charge is 0.421 e. The third-order valence-corrected chi connectivity index (χ3v) is 2.20. The maximum absolute atomic E-state index is 13.3. The van der Waals surface area contributed by atoms with E-state index >= 15 is 0 Å².